The van der Waals surface area contributed by atoms with Crippen LogP contribution in [0, 0.1) is 17.8 Å². The van der Waals surface area contributed by atoms with Crippen molar-refractivity contribution in [2.24, 2.45) is 17.8 Å². The summed E-state index contributed by atoms with van der Waals surface area (Å²) in [5.41, 5.74) is 5.31. The minimum Gasteiger partial charge on any atom is -0.453 e. The molecule has 278 valence electrons. The molecule has 0 aliphatic carbocycles. The number of ether oxygens (including phenoxy) is 1. The maximum Gasteiger partial charge on any atom is 0.407 e. The summed E-state index contributed by atoms with van der Waals surface area (Å²) in [6.45, 7) is 11.4. The van der Waals surface area contributed by atoms with Crippen LogP contribution in [0.3, 0.4) is 0 Å². The van der Waals surface area contributed by atoms with Gasteiger partial charge in [0.25, 0.3) is 0 Å². The number of imidazole rings is 2. The average molecular weight is 738 g/mol. The first kappa shape index (κ1) is 36.5. The summed E-state index contributed by atoms with van der Waals surface area (Å²) < 4.78 is 4.77. The van der Waals surface area contributed by atoms with E-state index in [1.165, 1.54) is 7.11 Å². The summed E-state index contributed by atoms with van der Waals surface area (Å²) in [4.78, 5) is 59.3. The lowest BCUT2D eigenvalue weighted by Gasteiger charge is -2.29. The van der Waals surface area contributed by atoms with Gasteiger partial charge < -0.3 is 29.8 Å². The van der Waals surface area contributed by atoms with E-state index in [4.69, 9.17) is 26.3 Å². The Balaban J connectivity index is 1.10. The smallest absolute Gasteiger partial charge is 0.407 e. The topological polar surface area (TPSA) is 136 Å². The third-order valence-corrected chi connectivity index (χ3v) is 11.4. The molecule has 0 spiro atoms. The first-order valence-corrected chi connectivity index (χ1v) is 19.1. The van der Waals surface area contributed by atoms with Gasteiger partial charge in [-0.05, 0) is 78.1 Å². The van der Waals surface area contributed by atoms with E-state index in [1.807, 2.05) is 48.9 Å². The molecule has 2 aliphatic rings. The molecule has 11 nitrogen and oxygen atoms in total. The summed E-state index contributed by atoms with van der Waals surface area (Å²) in [6, 6.07) is 15.6. The van der Waals surface area contributed by atoms with Crippen molar-refractivity contribution in [1.82, 2.24) is 35.1 Å². The van der Waals surface area contributed by atoms with E-state index in [1.54, 1.807) is 0 Å². The van der Waals surface area contributed by atoms with Crippen LogP contribution >= 0.6 is 11.6 Å². The van der Waals surface area contributed by atoms with Crippen LogP contribution in [0.15, 0.2) is 54.7 Å². The van der Waals surface area contributed by atoms with Gasteiger partial charge in [0.1, 0.15) is 17.7 Å². The molecule has 0 bridgehead atoms. The Kier molecular flexibility index (Phi) is 10.2. The molecule has 4 heterocycles. The molecule has 0 saturated carbocycles. The SMILES string of the molecule is COC(=O)N[C@H](C(=O)N1CCC[C@H]1c1nc(-c2ccc3cc(-c4cc5nc([C@@H]6CCCN6C(=O)[C@@H](C)C(C)C)[nH]c5cc4Cl)ccc3c2)c[nH]1)C(C)C. The zero-order valence-corrected chi connectivity index (χ0v) is 32.0. The monoisotopic (exact) mass is 737 g/mol. The molecule has 7 rings (SSSR count). The number of carbonyl (C=O) groups is 3. The third-order valence-electron chi connectivity index (χ3n) is 11.1. The molecule has 3 aromatic carbocycles. The van der Waals surface area contributed by atoms with Crippen LogP contribution in [0.2, 0.25) is 5.02 Å². The molecule has 2 saturated heterocycles. The maximum absolute atomic E-state index is 13.6. The van der Waals surface area contributed by atoms with Crippen LogP contribution in [0.4, 0.5) is 4.79 Å². The highest BCUT2D eigenvalue weighted by atomic mass is 35.5. The van der Waals surface area contributed by atoms with Crippen LogP contribution in [0.1, 0.15) is 84.0 Å². The highest BCUT2D eigenvalue weighted by molar-refractivity contribution is 6.34. The van der Waals surface area contributed by atoms with Crippen molar-refractivity contribution in [3.63, 3.8) is 0 Å². The van der Waals surface area contributed by atoms with Gasteiger partial charge in [-0.3, -0.25) is 9.59 Å². The molecule has 2 fully saturated rings. The highest BCUT2D eigenvalue weighted by Gasteiger charge is 2.38. The van der Waals surface area contributed by atoms with E-state index in [0.717, 1.165) is 88.1 Å². The van der Waals surface area contributed by atoms with Gasteiger partial charge in [-0.25, -0.2) is 14.8 Å². The summed E-state index contributed by atoms with van der Waals surface area (Å²) >= 11 is 6.89. The number of nitrogens with one attached hydrogen (secondary N) is 3. The lowest BCUT2D eigenvalue weighted by atomic mass is 9.96. The van der Waals surface area contributed by atoms with Crippen molar-refractivity contribution in [2.45, 2.75) is 78.4 Å². The summed E-state index contributed by atoms with van der Waals surface area (Å²) in [6.07, 6.45) is 4.75. The quantitative estimate of drug-likeness (QED) is 0.139. The van der Waals surface area contributed by atoms with E-state index in [-0.39, 0.29) is 41.7 Å². The molecule has 12 heteroatoms. The van der Waals surface area contributed by atoms with Gasteiger partial charge in [-0.2, -0.15) is 0 Å². The number of rotatable bonds is 9. The molecule has 5 aromatic rings. The predicted molar refractivity (Wildman–Crippen MR) is 207 cm³/mol. The number of aromatic nitrogens is 4. The van der Waals surface area contributed by atoms with Gasteiger partial charge in [-0.1, -0.05) is 70.5 Å². The van der Waals surface area contributed by atoms with Crippen LogP contribution in [-0.4, -0.2) is 73.9 Å². The van der Waals surface area contributed by atoms with Gasteiger partial charge in [0.05, 0.1) is 40.9 Å². The van der Waals surface area contributed by atoms with Gasteiger partial charge in [-0.15, -0.1) is 0 Å². The van der Waals surface area contributed by atoms with E-state index in [9.17, 15) is 14.4 Å². The zero-order valence-electron chi connectivity index (χ0n) is 31.2. The molecule has 2 aliphatic heterocycles. The fourth-order valence-corrected chi connectivity index (χ4v) is 7.98. The van der Waals surface area contributed by atoms with Crippen LogP contribution in [0.25, 0.3) is 44.2 Å². The molecule has 4 atom stereocenters. The number of amides is 3. The largest absolute Gasteiger partial charge is 0.453 e. The summed E-state index contributed by atoms with van der Waals surface area (Å²) in [5.74, 6) is 1.73. The van der Waals surface area contributed by atoms with E-state index in [0.29, 0.717) is 11.6 Å². The average Bonchev–Trinajstić information content (AvgIpc) is 3.98. The van der Waals surface area contributed by atoms with Gasteiger partial charge in [0, 0.05) is 36.3 Å². The molecule has 2 aromatic heterocycles. The van der Waals surface area contributed by atoms with E-state index >= 15 is 0 Å². The summed E-state index contributed by atoms with van der Waals surface area (Å²) in [5, 5.41) is 5.45. The second-order valence-electron chi connectivity index (χ2n) is 15.2. The molecular weight excluding hydrogens is 690 g/mol. The first-order chi connectivity index (χ1) is 25.4. The number of likely N-dealkylation sites (tertiary alicyclic amines) is 2. The van der Waals surface area contributed by atoms with Crippen molar-refractivity contribution in [2.75, 3.05) is 20.2 Å². The van der Waals surface area contributed by atoms with Crippen molar-refractivity contribution in [1.29, 1.82) is 0 Å². The number of aromatic amines is 2. The Morgan fingerprint density at radius 2 is 1.47 bits per heavy atom. The van der Waals surface area contributed by atoms with Crippen LogP contribution in [-0.2, 0) is 14.3 Å². The molecule has 3 amide bonds. The zero-order chi connectivity index (χ0) is 37.6. The number of hydrogen-bond donors (Lipinski definition) is 3. The van der Waals surface area contributed by atoms with E-state index < -0.39 is 12.1 Å². The second-order valence-corrected chi connectivity index (χ2v) is 15.6. The molecule has 0 unspecified atom stereocenters. The summed E-state index contributed by atoms with van der Waals surface area (Å²) in [7, 11) is 1.29. The number of hydrogen-bond acceptors (Lipinski definition) is 6. The number of methoxy groups -OCH3 is 1. The Morgan fingerprint density at radius 1 is 0.830 bits per heavy atom. The Bertz CT molecular complexity index is 2170. The Labute approximate surface area is 314 Å². The number of carbonyl (C=O) groups excluding carboxylic acids is 3. The highest BCUT2D eigenvalue weighted by Crippen LogP contribution is 2.38. The fourth-order valence-electron chi connectivity index (χ4n) is 7.71. The minimum absolute atomic E-state index is 0.0382. The van der Waals surface area contributed by atoms with Gasteiger partial charge in [0.2, 0.25) is 11.8 Å². The number of benzene rings is 3. The number of nitrogens with zero attached hydrogens (tertiary/aromatic N) is 4. The van der Waals surface area contributed by atoms with Crippen LogP contribution in [0.5, 0.6) is 0 Å². The number of fused-ring (bicyclic) bond motifs is 2. The van der Waals surface area contributed by atoms with Crippen LogP contribution < -0.4 is 5.32 Å². The standard InChI is InChI=1S/C41H48ClN7O4/c1-22(2)24(5)39(50)48-15-8-10-35(48)38-44-31-19-29(30(42)20-32(31)45-38)27-13-11-26-18-28(14-12-25(26)17-27)33-21-43-37(46-33)34-9-7-16-49(34)40(51)36(23(3)4)47-41(52)53-6/h11-14,17-24,34-36H,7-10,15-16H2,1-6H3,(H,43,46)(H,44,45)(H,47,52)/t24-,34-,35-,36-/m0/s1. The Hall–Kier alpha value is -4.90. The molecule has 53 heavy (non-hydrogen) atoms. The lowest BCUT2D eigenvalue weighted by Crippen LogP contribution is -2.51. The minimum atomic E-state index is -0.685. The first-order valence-electron chi connectivity index (χ1n) is 18.7. The fraction of sp³-hybridized carbons (Fsp3) is 0.439. The second kappa shape index (κ2) is 14.9. The lowest BCUT2D eigenvalue weighted by molar-refractivity contribution is -0.137. The van der Waals surface area contributed by atoms with Crippen molar-refractivity contribution >= 4 is 51.3 Å². The number of alkyl carbamates (subject to hydrolysis) is 1. The number of H-pyrrole nitrogens is 2. The predicted octanol–water partition coefficient (Wildman–Crippen LogP) is 8.43. The molecule has 0 radical (unpaired) electrons. The van der Waals surface area contributed by atoms with Crippen molar-refractivity contribution < 1.29 is 19.1 Å². The third kappa shape index (κ3) is 7.11. The Morgan fingerprint density at radius 3 is 2.13 bits per heavy atom. The molecule has 3 N–H and O–H groups in total. The van der Waals surface area contributed by atoms with Crippen molar-refractivity contribution in [3.05, 3.63) is 71.4 Å². The normalized spacial score (nSPS) is 18.7. The molecular formula is C41H48ClN7O4. The number of halogens is 1. The van der Waals surface area contributed by atoms with E-state index in [2.05, 4.69) is 65.5 Å². The van der Waals surface area contributed by atoms with Gasteiger partial charge in [0.15, 0.2) is 0 Å². The maximum atomic E-state index is 13.6. The van der Waals surface area contributed by atoms with Crippen molar-refractivity contribution in [3.8, 4) is 22.4 Å². The van der Waals surface area contributed by atoms with Gasteiger partial charge >= 0.3 is 6.09 Å².